The number of nitrogens with zero attached hydrogens (tertiary/aromatic N) is 3. The number of nitrogen functional groups attached to an aromatic ring is 1. The minimum atomic E-state index is 0.632. The van der Waals surface area contributed by atoms with E-state index in [0.29, 0.717) is 6.61 Å². The molecule has 0 aliphatic heterocycles. The van der Waals surface area contributed by atoms with Crippen LogP contribution in [0.25, 0.3) is 11.4 Å². The summed E-state index contributed by atoms with van der Waals surface area (Å²) in [5.41, 5.74) is 7.42. The Morgan fingerprint density at radius 3 is 3.06 bits per heavy atom. The van der Waals surface area contributed by atoms with Crippen LogP contribution in [0.15, 0.2) is 30.6 Å². The van der Waals surface area contributed by atoms with E-state index in [4.69, 9.17) is 10.5 Å². The largest absolute Gasteiger partial charge is 0.399 e. The highest BCUT2D eigenvalue weighted by molar-refractivity contribution is 5.60. The van der Waals surface area contributed by atoms with Gasteiger partial charge in [-0.1, -0.05) is 12.1 Å². The normalized spacial score (nSPS) is 10.6. The van der Waals surface area contributed by atoms with Crippen LogP contribution < -0.4 is 5.73 Å². The molecule has 84 valence electrons. The van der Waals surface area contributed by atoms with Crippen molar-refractivity contribution in [2.75, 3.05) is 19.5 Å². The van der Waals surface area contributed by atoms with Crippen molar-refractivity contribution >= 4 is 5.69 Å². The van der Waals surface area contributed by atoms with Gasteiger partial charge in [-0.2, -0.15) is 0 Å². The molecule has 1 aromatic heterocycles. The van der Waals surface area contributed by atoms with Gasteiger partial charge in [0.25, 0.3) is 0 Å². The summed E-state index contributed by atoms with van der Waals surface area (Å²) in [5.74, 6) is 0.810. The number of rotatable bonds is 4. The van der Waals surface area contributed by atoms with Crippen molar-refractivity contribution < 1.29 is 4.74 Å². The molecule has 1 aromatic carbocycles. The topological polar surface area (TPSA) is 66.0 Å². The van der Waals surface area contributed by atoms with Crippen molar-refractivity contribution in [2.45, 2.75) is 6.54 Å². The van der Waals surface area contributed by atoms with Gasteiger partial charge in [-0.25, -0.2) is 0 Å². The van der Waals surface area contributed by atoms with E-state index < -0.39 is 0 Å². The fourth-order valence-electron chi connectivity index (χ4n) is 1.51. The molecule has 2 N–H and O–H groups in total. The summed E-state index contributed by atoms with van der Waals surface area (Å²) in [4.78, 5) is 0. The molecule has 0 fully saturated rings. The molecule has 0 spiro atoms. The average Bonchev–Trinajstić information content (AvgIpc) is 2.74. The van der Waals surface area contributed by atoms with Crippen molar-refractivity contribution in [3.8, 4) is 11.4 Å². The molecule has 5 heteroatoms. The summed E-state index contributed by atoms with van der Waals surface area (Å²) in [6.45, 7) is 1.36. The summed E-state index contributed by atoms with van der Waals surface area (Å²) in [7, 11) is 1.67. The second-order valence-corrected chi connectivity index (χ2v) is 3.47. The Morgan fingerprint density at radius 2 is 2.31 bits per heavy atom. The number of hydrogen-bond donors (Lipinski definition) is 1. The highest BCUT2D eigenvalue weighted by Crippen LogP contribution is 2.18. The summed E-state index contributed by atoms with van der Waals surface area (Å²) in [5, 5.41) is 7.98. The van der Waals surface area contributed by atoms with Gasteiger partial charge in [0, 0.05) is 24.9 Å². The molecule has 0 radical (unpaired) electrons. The number of benzene rings is 1. The Balaban J connectivity index is 2.29. The molecular formula is C11H14N4O. The number of anilines is 1. The van der Waals surface area contributed by atoms with Crippen LogP contribution in [0.1, 0.15) is 0 Å². The van der Waals surface area contributed by atoms with E-state index in [1.54, 1.807) is 13.4 Å². The van der Waals surface area contributed by atoms with E-state index >= 15 is 0 Å². The van der Waals surface area contributed by atoms with Crippen LogP contribution in [0, 0.1) is 0 Å². The Labute approximate surface area is 93.9 Å². The molecule has 2 rings (SSSR count). The summed E-state index contributed by atoms with van der Waals surface area (Å²) in [6, 6.07) is 7.59. The van der Waals surface area contributed by atoms with Crippen molar-refractivity contribution in [1.82, 2.24) is 14.8 Å². The Morgan fingerprint density at radius 1 is 1.44 bits per heavy atom. The van der Waals surface area contributed by atoms with Crippen LogP contribution in [-0.4, -0.2) is 28.5 Å². The fourth-order valence-corrected chi connectivity index (χ4v) is 1.51. The van der Waals surface area contributed by atoms with Crippen LogP contribution in [0.3, 0.4) is 0 Å². The zero-order valence-electron chi connectivity index (χ0n) is 9.13. The molecule has 0 unspecified atom stereocenters. The van der Waals surface area contributed by atoms with Gasteiger partial charge in [-0.15, -0.1) is 10.2 Å². The molecule has 2 aromatic rings. The molecule has 0 amide bonds. The lowest BCUT2D eigenvalue weighted by atomic mass is 10.2. The van der Waals surface area contributed by atoms with E-state index in [1.807, 2.05) is 28.8 Å². The molecule has 16 heavy (non-hydrogen) atoms. The predicted octanol–water partition coefficient (Wildman–Crippen LogP) is 1.17. The van der Waals surface area contributed by atoms with Crippen LogP contribution in [0.4, 0.5) is 5.69 Å². The summed E-state index contributed by atoms with van der Waals surface area (Å²) in [6.07, 6.45) is 1.69. The highest BCUT2D eigenvalue weighted by atomic mass is 16.5. The number of hydrogen-bond acceptors (Lipinski definition) is 4. The van der Waals surface area contributed by atoms with Crippen LogP contribution >= 0.6 is 0 Å². The smallest absolute Gasteiger partial charge is 0.163 e. The van der Waals surface area contributed by atoms with Crippen molar-refractivity contribution in [3.05, 3.63) is 30.6 Å². The van der Waals surface area contributed by atoms with Crippen LogP contribution in [0.5, 0.6) is 0 Å². The van der Waals surface area contributed by atoms with Gasteiger partial charge in [-0.05, 0) is 12.1 Å². The van der Waals surface area contributed by atoms with Gasteiger partial charge in [0.1, 0.15) is 6.33 Å². The van der Waals surface area contributed by atoms with E-state index in [2.05, 4.69) is 10.2 Å². The third-order valence-electron chi connectivity index (χ3n) is 2.30. The number of methoxy groups -OCH3 is 1. The molecule has 5 nitrogen and oxygen atoms in total. The standard InChI is InChI=1S/C11H14N4O/c1-16-6-5-15-8-13-14-11(15)9-3-2-4-10(12)7-9/h2-4,7-8H,5-6,12H2,1H3. The molecule has 0 bridgehead atoms. The first-order valence-electron chi connectivity index (χ1n) is 5.04. The van der Waals surface area contributed by atoms with Crippen molar-refractivity contribution in [2.24, 2.45) is 0 Å². The lowest BCUT2D eigenvalue weighted by Gasteiger charge is -2.06. The zero-order chi connectivity index (χ0) is 11.4. The lowest BCUT2D eigenvalue weighted by Crippen LogP contribution is -2.05. The molecular weight excluding hydrogens is 204 g/mol. The second-order valence-electron chi connectivity index (χ2n) is 3.47. The summed E-state index contributed by atoms with van der Waals surface area (Å²) >= 11 is 0. The molecule has 0 atom stereocenters. The lowest BCUT2D eigenvalue weighted by molar-refractivity contribution is 0.187. The molecule has 0 saturated heterocycles. The average molecular weight is 218 g/mol. The quantitative estimate of drug-likeness (QED) is 0.782. The third-order valence-corrected chi connectivity index (χ3v) is 2.30. The van der Waals surface area contributed by atoms with Gasteiger partial charge < -0.3 is 15.0 Å². The first-order valence-corrected chi connectivity index (χ1v) is 5.04. The number of ether oxygens (including phenoxy) is 1. The van der Waals surface area contributed by atoms with Gasteiger partial charge >= 0.3 is 0 Å². The minimum Gasteiger partial charge on any atom is -0.399 e. The highest BCUT2D eigenvalue weighted by Gasteiger charge is 2.06. The van der Waals surface area contributed by atoms with Crippen LogP contribution in [0.2, 0.25) is 0 Å². The SMILES string of the molecule is COCCn1cnnc1-c1cccc(N)c1. The van der Waals surface area contributed by atoms with E-state index in [0.717, 1.165) is 23.6 Å². The van der Waals surface area contributed by atoms with Gasteiger partial charge in [0.05, 0.1) is 6.61 Å². The summed E-state index contributed by atoms with van der Waals surface area (Å²) < 4.78 is 6.97. The van der Waals surface area contributed by atoms with Gasteiger partial charge in [0.2, 0.25) is 0 Å². The van der Waals surface area contributed by atoms with E-state index in [-0.39, 0.29) is 0 Å². The van der Waals surface area contributed by atoms with Gasteiger partial charge in [0.15, 0.2) is 5.82 Å². The van der Waals surface area contributed by atoms with E-state index in [9.17, 15) is 0 Å². The maximum absolute atomic E-state index is 5.73. The number of aromatic nitrogens is 3. The maximum Gasteiger partial charge on any atom is 0.163 e. The fraction of sp³-hybridized carbons (Fsp3) is 0.273. The van der Waals surface area contributed by atoms with Crippen molar-refractivity contribution in [1.29, 1.82) is 0 Å². The zero-order valence-corrected chi connectivity index (χ0v) is 9.13. The van der Waals surface area contributed by atoms with Gasteiger partial charge in [-0.3, -0.25) is 0 Å². The van der Waals surface area contributed by atoms with Crippen LogP contribution in [-0.2, 0) is 11.3 Å². The predicted molar refractivity (Wildman–Crippen MR) is 61.7 cm³/mol. The Hall–Kier alpha value is -1.88. The van der Waals surface area contributed by atoms with Crippen molar-refractivity contribution in [3.63, 3.8) is 0 Å². The third kappa shape index (κ3) is 2.20. The maximum atomic E-state index is 5.73. The Bertz CT molecular complexity index is 467. The van der Waals surface area contributed by atoms with E-state index in [1.165, 1.54) is 0 Å². The molecule has 1 heterocycles. The molecule has 0 aliphatic carbocycles. The molecule has 0 saturated carbocycles. The second kappa shape index (κ2) is 4.76. The molecule has 0 aliphatic rings. The minimum absolute atomic E-state index is 0.632. The number of nitrogens with two attached hydrogens (primary N) is 1. The Kier molecular flexibility index (Phi) is 3.16. The monoisotopic (exact) mass is 218 g/mol. The first kappa shape index (κ1) is 10.6. The first-order chi connectivity index (χ1) is 7.81.